The van der Waals surface area contributed by atoms with Crippen molar-refractivity contribution in [2.45, 2.75) is 20.0 Å². The van der Waals surface area contributed by atoms with E-state index in [1.807, 2.05) is 43.3 Å². The first kappa shape index (κ1) is 14.4. The molecule has 2 aromatic carbocycles. The molecule has 0 fully saturated rings. The summed E-state index contributed by atoms with van der Waals surface area (Å²) in [5.41, 5.74) is 2.67. The van der Waals surface area contributed by atoms with E-state index in [0.29, 0.717) is 5.02 Å². The van der Waals surface area contributed by atoms with E-state index < -0.39 is 6.09 Å². The molecule has 0 unspecified atom stereocenters. The van der Waals surface area contributed by atoms with Gasteiger partial charge in [0.2, 0.25) is 0 Å². The zero-order valence-corrected chi connectivity index (χ0v) is 12.0. The van der Waals surface area contributed by atoms with E-state index in [0.717, 1.165) is 23.2 Å². The van der Waals surface area contributed by atoms with Crippen LogP contribution in [0.25, 0.3) is 0 Å². The normalized spacial score (nSPS) is 10.1. The fourth-order valence-electron chi connectivity index (χ4n) is 1.85. The lowest BCUT2D eigenvalue weighted by atomic mass is 10.1. The van der Waals surface area contributed by atoms with Crippen LogP contribution in [0.3, 0.4) is 0 Å². The monoisotopic (exact) mass is 289 g/mol. The third-order valence-corrected chi connectivity index (χ3v) is 3.13. The van der Waals surface area contributed by atoms with Crippen LogP contribution in [0.1, 0.15) is 18.1 Å². The highest BCUT2D eigenvalue weighted by atomic mass is 35.5. The number of hydrogen-bond donors (Lipinski definition) is 1. The number of amides is 1. The first-order chi connectivity index (χ1) is 9.69. The van der Waals surface area contributed by atoms with Crippen LogP contribution in [-0.2, 0) is 17.8 Å². The van der Waals surface area contributed by atoms with E-state index in [2.05, 4.69) is 5.32 Å². The van der Waals surface area contributed by atoms with Crippen LogP contribution in [0.15, 0.2) is 48.5 Å². The van der Waals surface area contributed by atoms with Gasteiger partial charge in [0.25, 0.3) is 0 Å². The van der Waals surface area contributed by atoms with Gasteiger partial charge in [-0.2, -0.15) is 0 Å². The van der Waals surface area contributed by atoms with E-state index in [4.69, 9.17) is 16.3 Å². The van der Waals surface area contributed by atoms with Crippen molar-refractivity contribution < 1.29 is 9.53 Å². The highest BCUT2D eigenvalue weighted by Crippen LogP contribution is 2.21. The highest BCUT2D eigenvalue weighted by molar-refractivity contribution is 6.30. The standard InChI is InChI=1S/C16H16ClNO2/c1-2-13-10-14(17)8-9-15(13)18-16(19)20-11-12-6-4-3-5-7-12/h3-10H,2,11H2,1H3,(H,18,19). The minimum Gasteiger partial charge on any atom is -0.444 e. The summed E-state index contributed by atoms with van der Waals surface area (Å²) in [6, 6.07) is 14.9. The van der Waals surface area contributed by atoms with Crippen molar-refractivity contribution in [2.75, 3.05) is 5.32 Å². The van der Waals surface area contributed by atoms with Crippen LogP contribution in [0.5, 0.6) is 0 Å². The number of rotatable bonds is 4. The topological polar surface area (TPSA) is 38.3 Å². The predicted molar refractivity (Wildman–Crippen MR) is 81.1 cm³/mol. The zero-order chi connectivity index (χ0) is 14.4. The molecule has 0 atom stereocenters. The van der Waals surface area contributed by atoms with E-state index in [1.165, 1.54) is 0 Å². The Labute approximate surface area is 123 Å². The van der Waals surface area contributed by atoms with Crippen LogP contribution < -0.4 is 5.32 Å². The number of hydrogen-bond acceptors (Lipinski definition) is 2. The third-order valence-electron chi connectivity index (χ3n) is 2.90. The molecule has 1 N–H and O–H groups in total. The second-order valence-electron chi connectivity index (χ2n) is 4.34. The molecule has 0 radical (unpaired) electrons. The van der Waals surface area contributed by atoms with Crippen molar-refractivity contribution in [3.8, 4) is 0 Å². The summed E-state index contributed by atoms with van der Waals surface area (Å²) < 4.78 is 5.18. The number of ether oxygens (including phenoxy) is 1. The summed E-state index contributed by atoms with van der Waals surface area (Å²) in [5, 5.41) is 3.40. The summed E-state index contributed by atoms with van der Waals surface area (Å²) in [7, 11) is 0. The summed E-state index contributed by atoms with van der Waals surface area (Å²) in [6.07, 6.45) is 0.320. The number of anilines is 1. The van der Waals surface area contributed by atoms with Gasteiger partial charge in [0.05, 0.1) is 0 Å². The van der Waals surface area contributed by atoms with E-state index in [-0.39, 0.29) is 6.61 Å². The Morgan fingerprint density at radius 2 is 1.95 bits per heavy atom. The van der Waals surface area contributed by atoms with Crippen molar-refractivity contribution >= 4 is 23.4 Å². The van der Waals surface area contributed by atoms with Crippen molar-refractivity contribution in [1.82, 2.24) is 0 Å². The fourth-order valence-corrected chi connectivity index (χ4v) is 2.04. The Bertz CT molecular complexity index is 584. The molecule has 0 aliphatic rings. The Morgan fingerprint density at radius 1 is 1.20 bits per heavy atom. The van der Waals surface area contributed by atoms with Crippen molar-refractivity contribution in [3.05, 3.63) is 64.7 Å². The maximum absolute atomic E-state index is 11.8. The van der Waals surface area contributed by atoms with Gasteiger partial charge in [0.1, 0.15) is 6.61 Å². The summed E-state index contributed by atoms with van der Waals surface area (Å²) in [4.78, 5) is 11.8. The summed E-state index contributed by atoms with van der Waals surface area (Å²) in [6.45, 7) is 2.26. The lowest BCUT2D eigenvalue weighted by Crippen LogP contribution is -2.14. The molecule has 0 spiro atoms. The van der Waals surface area contributed by atoms with Crippen LogP contribution in [0.2, 0.25) is 5.02 Å². The van der Waals surface area contributed by atoms with Gasteiger partial charge in [-0.1, -0.05) is 48.9 Å². The Hall–Kier alpha value is -2.00. The summed E-state index contributed by atoms with van der Waals surface area (Å²) >= 11 is 5.93. The second kappa shape index (κ2) is 6.96. The minimum atomic E-state index is -0.467. The molecule has 104 valence electrons. The second-order valence-corrected chi connectivity index (χ2v) is 4.78. The average molecular weight is 290 g/mol. The van der Waals surface area contributed by atoms with E-state index in [1.54, 1.807) is 12.1 Å². The molecule has 2 aromatic rings. The smallest absolute Gasteiger partial charge is 0.411 e. The molecule has 1 amide bonds. The number of carbonyl (C=O) groups excluding carboxylic acids is 1. The van der Waals surface area contributed by atoms with Gasteiger partial charge in [-0.3, -0.25) is 5.32 Å². The Balaban J connectivity index is 1.95. The van der Waals surface area contributed by atoms with Gasteiger partial charge >= 0.3 is 6.09 Å². The minimum absolute atomic E-state index is 0.252. The van der Waals surface area contributed by atoms with E-state index in [9.17, 15) is 4.79 Å². The number of nitrogens with one attached hydrogen (secondary N) is 1. The SMILES string of the molecule is CCc1cc(Cl)ccc1NC(=O)OCc1ccccc1. The molecule has 2 rings (SSSR count). The van der Waals surface area contributed by atoms with Crippen LogP contribution in [-0.4, -0.2) is 6.09 Å². The first-order valence-electron chi connectivity index (χ1n) is 6.45. The van der Waals surface area contributed by atoms with Crippen molar-refractivity contribution in [3.63, 3.8) is 0 Å². The van der Waals surface area contributed by atoms with Crippen molar-refractivity contribution in [2.24, 2.45) is 0 Å². The average Bonchev–Trinajstić information content (AvgIpc) is 2.48. The van der Waals surface area contributed by atoms with Gasteiger partial charge in [-0.15, -0.1) is 0 Å². The molecule has 0 saturated carbocycles. The molecule has 0 bridgehead atoms. The lowest BCUT2D eigenvalue weighted by Gasteiger charge is -2.11. The van der Waals surface area contributed by atoms with Crippen molar-refractivity contribution in [1.29, 1.82) is 0 Å². The number of halogens is 1. The van der Waals surface area contributed by atoms with Gasteiger partial charge in [0, 0.05) is 10.7 Å². The molecule has 0 saturated heterocycles. The number of benzene rings is 2. The quantitative estimate of drug-likeness (QED) is 0.889. The van der Waals surface area contributed by atoms with E-state index >= 15 is 0 Å². The van der Waals surface area contributed by atoms with Gasteiger partial charge in [-0.25, -0.2) is 4.79 Å². The first-order valence-corrected chi connectivity index (χ1v) is 6.83. The zero-order valence-electron chi connectivity index (χ0n) is 11.2. The van der Waals surface area contributed by atoms with Gasteiger partial charge < -0.3 is 4.74 Å². The maximum atomic E-state index is 11.8. The third kappa shape index (κ3) is 4.00. The molecular formula is C16H16ClNO2. The molecule has 0 aromatic heterocycles. The molecule has 3 nitrogen and oxygen atoms in total. The maximum Gasteiger partial charge on any atom is 0.411 e. The largest absolute Gasteiger partial charge is 0.444 e. The predicted octanol–water partition coefficient (Wildman–Crippen LogP) is 4.65. The van der Waals surface area contributed by atoms with Crippen LogP contribution in [0, 0.1) is 0 Å². The molecule has 0 aliphatic carbocycles. The van der Waals surface area contributed by atoms with Gasteiger partial charge in [-0.05, 0) is 35.7 Å². The Kier molecular flexibility index (Phi) is 5.02. The fraction of sp³-hybridized carbons (Fsp3) is 0.188. The number of aryl methyl sites for hydroxylation is 1. The molecule has 20 heavy (non-hydrogen) atoms. The molecule has 0 heterocycles. The molecule has 0 aliphatic heterocycles. The van der Waals surface area contributed by atoms with Gasteiger partial charge in [0.15, 0.2) is 0 Å². The highest BCUT2D eigenvalue weighted by Gasteiger charge is 2.07. The summed E-state index contributed by atoms with van der Waals surface area (Å²) in [5.74, 6) is 0. The molecular weight excluding hydrogens is 274 g/mol. The Morgan fingerprint density at radius 3 is 2.65 bits per heavy atom. The van der Waals surface area contributed by atoms with Crippen LogP contribution >= 0.6 is 11.6 Å². The lowest BCUT2D eigenvalue weighted by molar-refractivity contribution is 0.155. The number of carbonyl (C=O) groups is 1. The van der Waals surface area contributed by atoms with Crippen LogP contribution in [0.4, 0.5) is 10.5 Å². The molecule has 4 heteroatoms.